The molecule has 23 heavy (non-hydrogen) atoms. The lowest BCUT2D eigenvalue weighted by Gasteiger charge is -2.09. The summed E-state index contributed by atoms with van der Waals surface area (Å²) >= 11 is 3.45. The fourth-order valence-electron chi connectivity index (χ4n) is 2.40. The molecule has 6 nitrogen and oxygen atoms in total. The summed E-state index contributed by atoms with van der Waals surface area (Å²) in [6.07, 6.45) is 0. The van der Waals surface area contributed by atoms with E-state index < -0.39 is 17.2 Å². The molecule has 0 spiro atoms. The van der Waals surface area contributed by atoms with Gasteiger partial charge < -0.3 is 10.3 Å². The highest BCUT2D eigenvalue weighted by Gasteiger charge is 2.14. The van der Waals surface area contributed by atoms with Gasteiger partial charge in [-0.05, 0) is 29.8 Å². The number of anilines is 1. The fourth-order valence-corrected chi connectivity index (χ4v) is 2.90. The normalized spacial score (nSPS) is 10.7. The minimum Gasteiger partial charge on any atom is -0.316 e. The van der Waals surface area contributed by atoms with E-state index >= 15 is 0 Å². The summed E-state index contributed by atoms with van der Waals surface area (Å²) in [5.74, 6) is -0.422. The zero-order valence-electron chi connectivity index (χ0n) is 12.1. The number of aromatic nitrogens is 2. The van der Waals surface area contributed by atoms with Crippen LogP contribution < -0.4 is 16.6 Å². The van der Waals surface area contributed by atoms with Crippen molar-refractivity contribution >= 4 is 38.3 Å². The van der Waals surface area contributed by atoms with E-state index in [9.17, 15) is 14.4 Å². The molecule has 0 aliphatic carbocycles. The SMILES string of the molecule is Cc1[nH]c(=O)[nH]c(=O)c1NC(=O)c1cccc2c(Br)cccc12. The summed E-state index contributed by atoms with van der Waals surface area (Å²) in [7, 11) is 0. The first kappa shape index (κ1) is 15.2. The van der Waals surface area contributed by atoms with E-state index in [2.05, 4.69) is 31.2 Å². The largest absolute Gasteiger partial charge is 0.326 e. The predicted molar refractivity (Wildman–Crippen MR) is 92.0 cm³/mol. The molecule has 0 aliphatic rings. The first-order chi connectivity index (χ1) is 11.0. The molecule has 0 saturated heterocycles. The van der Waals surface area contributed by atoms with E-state index in [-0.39, 0.29) is 5.69 Å². The van der Waals surface area contributed by atoms with E-state index in [0.717, 1.165) is 15.2 Å². The maximum absolute atomic E-state index is 12.6. The lowest BCUT2D eigenvalue weighted by molar-refractivity contribution is 0.102. The van der Waals surface area contributed by atoms with Gasteiger partial charge in [0.15, 0.2) is 0 Å². The van der Waals surface area contributed by atoms with Crippen molar-refractivity contribution in [2.75, 3.05) is 5.32 Å². The Kier molecular flexibility index (Phi) is 3.87. The van der Waals surface area contributed by atoms with Crippen molar-refractivity contribution < 1.29 is 4.79 Å². The molecule has 116 valence electrons. The monoisotopic (exact) mass is 373 g/mol. The van der Waals surface area contributed by atoms with Gasteiger partial charge in [-0.2, -0.15) is 0 Å². The molecular weight excluding hydrogens is 362 g/mol. The van der Waals surface area contributed by atoms with Crippen LogP contribution in [0, 0.1) is 6.92 Å². The van der Waals surface area contributed by atoms with E-state index in [0.29, 0.717) is 11.3 Å². The van der Waals surface area contributed by atoms with Crippen LogP contribution in [0.4, 0.5) is 5.69 Å². The maximum Gasteiger partial charge on any atom is 0.326 e. The molecule has 1 heterocycles. The topological polar surface area (TPSA) is 94.8 Å². The number of H-pyrrole nitrogens is 2. The number of amides is 1. The third-order valence-electron chi connectivity index (χ3n) is 3.48. The minimum atomic E-state index is -0.638. The molecule has 0 radical (unpaired) electrons. The fraction of sp³-hybridized carbons (Fsp3) is 0.0625. The molecule has 0 atom stereocenters. The summed E-state index contributed by atoms with van der Waals surface area (Å²) in [4.78, 5) is 40.2. The molecule has 1 amide bonds. The van der Waals surface area contributed by atoms with E-state index in [1.54, 1.807) is 19.1 Å². The smallest absolute Gasteiger partial charge is 0.316 e. The number of hydrogen-bond acceptors (Lipinski definition) is 3. The van der Waals surface area contributed by atoms with Crippen molar-refractivity contribution in [2.24, 2.45) is 0 Å². The van der Waals surface area contributed by atoms with Gasteiger partial charge in [-0.15, -0.1) is 0 Å². The van der Waals surface area contributed by atoms with Gasteiger partial charge in [0.05, 0.1) is 0 Å². The highest BCUT2D eigenvalue weighted by Crippen LogP contribution is 2.26. The van der Waals surface area contributed by atoms with Gasteiger partial charge in [0, 0.05) is 15.7 Å². The molecule has 1 aromatic heterocycles. The molecule has 0 unspecified atom stereocenters. The quantitative estimate of drug-likeness (QED) is 0.643. The first-order valence-corrected chi connectivity index (χ1v) is 7.58. The van der Waals surface area contributed by atoms with Crippen molar-refractivity contribution in [3.63, 3.8) is 0 Å². The third kappa shape index (κ3) is 2.83. The predicted octanol–water partition coefficient (Wildman–Crippen LogP) is 2.54. The Morgan fingerprint density at radius 3 is 2.48 bits per heavy atom. The first-order valence-electron chi connectivity index (χ1n) is 6.79. The molecule has 3 aromatic rings. The van der Waals surface area contributed by atoms with Crippen LogP contribution >= 0.6 is 15.9 Å². The van der Waals surface area contributed by atoms with Crippen molar-refractivity contribution in [3.8, 4) is 0 Å². The van der Waals surface area contributed by atoms with Gasteiger partial charge in [0.1, 0.15) is 5.69 Å². The number of nitrogens with one attached hydrogen (secondary N) is 3. The number of carbonyl (C=O) groups excluding carboxylic acids is 1. The Balaban J connectivity index is 2.08. The molecule has 0 fully saturated rings. The Morgan fingerprint density at radius 1 is 1.04 bits per heavy atom. The number of aromatic amines is 2. The number of benzene rings is 2. The zero-order valence-corrected chi connectivity index (χ0v) is 13.7. The van der Waals surface area contributed by atoms with Crippen molar-refractivity contribution in [1.82, 2.24) is 9.97 Å². The Morgan fingerprint density at radius 2 is 1.74 bits per heavy atom. The van der Waals surface area contributed by atoms with E-state index in [1.165, 1.54) is 0 Å². The standard InChI is InChI=1S/C16H12BrN3O3/c1-8-13(15(22)20-16(23)18-8)19-14(21)11-6-2-5-10-9(11)4-3-7-12(10)17/h2-7H,1H3,(H,19,21)(H2,18,20,22,23). The van der Waals surface area contributed by atoms with Crippen LogP contribution in [0.15, 0.2) is 50.5 Å². The molecular formula is C16H12BrN3O3. The molecule has 0 saturated carbocycles. The average Bonchev–Trinajstić information content (AvgIpc) is 2.50. The second-order valence-corrected chi connectivity index (χ2v) is 5.86. The minimum absolute atomic E-state index is 0.0293. The highest BCUT2D eigenvalue weighted by atomic mass is 79.9. The molecule has 0 aliphatic heterocycles. The van der Waals surface area contributed by atoms with Crippen LogP contribution in [0.1, 0.15) is 16.1 Å². The highest BCUT2D eigenvalue weighted by molar-refractivity contribution is 9.10. The van der Waals surface area contributed by atoms with Gasteiger partial charge in [-0.1, -0.05) is 40.2 Å². The Hall–Kier alpha value is -2.67. The van der Waals surface area contributed by atoms with E-state index in [1.807, 2.05) is 24.3 Å². The van der Waals surface area contributed by atoms with Crippen LogP contribution in [0.3, 0.4) is 0 Å². The van der Waals surface area contributed by atoms with Gasteiger partial charge in [-0.3, -0.25) is 14.6 Å². The van der Waals surface area contributed by atoms with Crippen molar-refractivity contribution in [2.45, 2.75) is 6.92 Å². The second kappa shape index (κ2) is 5.85. The lowest BCUT2D eigenvalue weighted by Crippen LogP contribution is -2.28. The number of hydrogen-bond donors (Lipinski definition) is 3. The summed E-state index contributed by atoms with van der Waals surface area (Å²) in [5.41, 5.74) is -0.482. The lowest BCUT2D eigenvalue weighted by atomic mass is 10.0. The maximum atomic E-state index is 12.6. The van der Waals surface area contributed by atoms with Crippen LogP contribution in [0.2, 0.25) is 0 Å². The Bertz CT molecular complexity index is 1040. The number of fused-ring (bicyclic) bond motifs is 1. The van der Waals surface area contributed by atoms with Crippen LogP contribution in [-0.4, -0.2) is 15.9 Å². The van der Waals surface area contributed by atoms with Gasteiger partial charge in [0.2, 0.25) is 0 Å². The number of aryl methyl sites for hydroxylation is 1. The van der Waals surface area contributed by atoms with Crippen LogP contribution in [-0.2, 0) is 0 Å². The zero-order chi connectivity index (χ0) is 16.6. The van der Waals surface area contributed by atoms with Gasteiger partial charge in [0.25, 0.3) is 11.5 Å². The molecule has 2 aromatic carbocycles. The molecule has 0 bridgehead atoms. The summed E-state index contributed by atoms with van der Waals surface area (Å²) < 4.78 is 0.878. The third-order valence-corrected chi connectivity index (χ3v) is 4.17. The van der Waals surface area contributed by atoms with Gasteiger partial charge in [-0.25, -0.2) is 4.79 Å². The summed E-state index contributed by atoms with van der Waals surface area (Å²) in [6.45, 7) is 1.55. The van der Waals surface area contributed by atoms with Gasteiger partial charge >= 0.3 is 5.69 Å². The second-order valence-electron chi connectivity index (χ2n) is 5.00. The summed E-state index contributed by atoms with van der Waals surface area (Å²) in [6, 6.07) is 10.9. The average molecular weight is 374 g/mol. The molecule has 7 heteroatoms. The number of carbonyl (C=O) groups is 1. The van der Waals surface area contributed by atoms with E-state index in [4.69, 9.17) is 0 Å². The van der Waals surface area contributed by atoms with Crippen molar-refractivity contribution in [1.29, 1.82) is 0 Å². The summed E-state index contributed by atoms with van der Waals surface area (Å²) in [5, 5.41) is 4.22. The number of rotatable bonds is 2. The van der Waals surface area contributed by atoms with Crippen LogP contribution in [0.25, 0.3) is 10.8 Å². The Labute approximate surface area is 138 Å². The molecule has 3 N–H and O–H groups in total. The van der Waals surface area contributed by atoms with Crippen LogP contribution in [0.5, 0.6) is 0 Å². The number of halogens is 1. The molecule has 3 rings (SSSR count). The van der Waals surface area contributed by atoms with Crippen molar-refractivity contribution in [3.05, 3.63) is 73.0 Å².